The number of rotatable bonds is 6. The van der Waals surface area contributed by atoms with Crippen LogP contribution in [0.15, 0.2) is 39.6 Å². The number of hydrogen-bond donors (Lipinski definition) is 1. The van der Waals surface area contributed by atoms with E-state index >= 15 is 0 Å². The number of allylic oxidation sites excluding steroid dienone is 4. The van der Waals surface area contributed by atoms with Crippen molar-refractivity contribution in [2.45, 2.75) is 59.8 Å². The summed E-state index contributed by atoms with van der Waals surface area (Å²) in [6.45, 7) is 9.57. The molecular formula is C18H30N2S. The molecule has 0 amide bonds. The number of thiol groups is 1. The average Bonchev–Trinajstić information content (AvgIpc) is 2.88. The van der Waals surface area contributed by atoms with E-state index in [-0.39, 0.29) is 0 Å². The Morgan fingerprint density at radius 1 is 1.29 bits per heavy atom. The Morgan fingerprint density at radius 2 is 2.05 bits per heavy atom. The Balaban J connectivity index is 0.00000106. The predicted octanol–water partition coefficient (Wildman–Crippen LogP) is 5.56. The van der Waals surface area contributed by atoms with E-state index < -0.39 is 0 Å². The summed E-state index contributed by atoms with van der Waals surface area (Å²) in [5.74, 6) is 0.503. The summed E-state index contributed by atoms with van der Waals surface area (Å²) in [6.07, 6.45) is 15.1. The van der Waals surface area contributed by atoms with Crippen LogP contribution in [-0.2, 0) is 0 Å². The van der Waals surface area contributed by atoms with Crippen molar-refractivity contribution >= 4 is 19.0 Å². The van der Waals surface area contributed by atoms with Gasteiger partial charge in [0.25, 0.3) is 0 Å². The lowest BCUT2D eigenvalue weighted by Gasteiger charge is -2.27. The van der Waals surface area contributed by atoms with Crippen molar-refractivity contribution in [3.8, 4) is 0 Å². The quantitative estimate of drug-likeness (QED) is 0.386. The zero-order valence-corrected chi connectivity index (χ0v) is 14.9. The van der Waals surface area contributed by atoms with Gasteiger partial charge < -0.3 is 4.90 Å². The first-order valence-electron chi connectivity index (χ1n) is 8.30. The zero-order valence-electron chi connectivity index (χ0n) is 14.0. The Labute approximate surface area is 136 Å². The molecule has 1 aliphatic heterocycles. The summed E-state index contributed by atoms with van der Waals surface area (Å²) in [5.41, 5.74) is 4.17. The number of nitrogens with zero attached hydrogens (tertiary/aromatic N) is 2. The molecule has 0 fully saturated rings. The Bertz CT molecular complexity index is 432. The van der Waals surface area contributed by atoms with Crippen molar-refractivity contribution in [2.24, 2.45) is 10.3 Å². The van der Waals surface area contributed by atoms with Crippen molar-refractivity contribution in [3.63, 3.8) is 0 Å². The molecule has 0 aromatic heterocycles. The fraction of sp³-hybridized carbons (Fsp3) is 0.611. The van der Waals surface area contributed by atoms with E-state index in [1.54, 1.807) is 0 Å². The SMILES string of the molecule is CC.CCCCCCN1C=C(/C=N/S)C2CC=C(C)C2=C1. The Hall–Kier alpha value is -0.960. The van der Waals surface area contributed by atoms with Gasteiger partial charge in [-0.05, 0) is 49.3 Å². The molecule has 1 heterocycles. The molecule has 1 aliphatic carbocycles. The number of unbranched alkanes of at least 4 members (excludes halogenated alkanes) is 3. The molecule has 0 N–H and O–H groups in total. The molecule has 2 nitrogen and oxygen atoms in total. The van der Waals surface area contributed by atoms with E-state index in [1.807, 2.05) is 20.1 Å². The maximum Gasteiger partial charge on any atom is 0.0401 e. The van der Waals surface area contributed by atoms with Gasteiger partial charge in [0.1, 0.15) is 0 Å². The smallest absolute Gasteiger partial charge is 0.0401 e. The third kappa shape index (κ3) is 5.06. The van der Waals surface area contributed by atoms with Crippen LogP contribution in [0.4, 0.5) is 0 Å². The molecule has 1 atom stereocenters. The third-order valence-corrected chi connectivity index (χ3v) is 4.10. The summed E-state index contributed by atoms with van der Waals surface area (Å²) in [4.78, 5) is 2.33. The van der Waals surface area contributed by atoms with Crippen LogP contribution in [0.2, 0.25) is 0 Å². The highest BCUT2D eigenvalue weighted by atomic mass is 32.1. The lowest BCUT2D eigenvalue weighted by atomic mass is 9.90. The van der Waals surface area contributed by atoms with Gasteiger partial charge in [0, 0.05) is 31.1 Å². The minimum absolute atomic E-state index is 0.503. The fourth-order valence-electron chi connectivity index (χ4n) is 2.86. The van der Waals surface area contributed by atoms with Gasteiger partial charge in [0.15, 0.2) is 0 Å². The van der Waals surface area contributed by atoms with Crippen molar-refractivity contribution in [2.75, 3.05) is 6.54 Å². The third-order valence-electron chi connectivity index (χ3n) is 3.99. The second-order valence-electron chi connectivity index (χ2n) is 5.43. The maximum absolute atomic E-state index is 3.98. The van der Waals surface area contributed by atoms with Gasteiger partial charge in [-0.2, -0.15) is 0 Å². The largest absolute Gasteiger partial charge is 0.354 e. The van der Waals surface area contributed by atoms with Crippen LogP contribution in [-0.4, -0.2) is 17.7 Å². The molecule has 118 valence electrons. The zero-order chi connectivity index (χ0) is 15.7. The van der Waals surface area contributed by atoms with E-state index in [0.717, 1.165) is 13.0 Å². The second kappa shape index (κ2) is 9.88. The maximum atomic E-state index is 3.98. The van der Waals surface area contributed by atoms with Crippen LogP contribution in [0.25, 0.3) is 0 Å². The molecule has 0 bridgehead atoms. The molecule has 3 heteroatoms. The van der Waals surface area contributed by atoms with Gasteiger partial charge in [-0.15, -0.1) is 0 Å². The molecule has 1 unspecified atom stereocenters. The monoisotopic (exact) mass is 306 g/mol. The van der Waals surface area contributed by atoms with E-state index in [0.29, 0.717) is 5.92 Å². The Kier molecular flexibility index (Phi) is 8.51. The van der Waals surface area contributed by atoms with Crippen LogP contribution in [0.3, 0.4) is 0 Å². The van der Waals surface area contributed by atoms with Crippen molar-refractivity contribution in [3.05, 3.63) is 35.2 Å². The molecule has 0 saturated carbocycles. The molecule has 0 saturated heterocycles. The van der Waals surface area contributed by atoms with Crippen molar-refractivity contribution in [1.29, 1.82) is 0 Å². The molecular weight excluding hydrogens is 276 g/mol. The molecule has 2 rings (SSSR count). The first-order chi connectivity index (χ1) is 10.3. The predicted molar refractivity (Wildman–Crippen MR) is 97.7 cm³/mol. The molecule has 0 aromatic rings. The minimum atomic E-state index is 0.503. The highest BCUT2D eigenvalue weighted by Crippen LogP contribution is 2.38. The molecule has 0 aromatic carbocycles. The first-order valence-corrected chi connectivity index (χ1v) is 8.70. The van der Waals surface area contributed by atoms with Crippen LogP contribution >= 0.6 is 12.8 Å². The highest BCUT2D eigenvalue weighted by Gasteiger charge is 2.27. The summed E-state index contributed by atoms with van der Waals surface area (Å²) in [6, 6.07) is 0. The molecule has 21 heavy (non-hydrogen) atoms. The van der Waals surface area contributed by atoms with E-state index in [4.69, 9.17) is 0 Å². The number of fused-ring (bicyclic) bond motifs is 1. The van der Waals surface area contributed by atoms with E-state index in [2.05, 4.69) is 54.4 Å². The summed E-state index contributed by atoms with van der Waals surface area (Å²) in [5, 5.41) is 0. The minimum Gasteiger partial charge on any atom is -0.354 e. The van der Waals surface area contributed by atoms with Crippen LogP contribution in [0.5, 0.6) is 0 Å². The lowest BCUT2D eigenvalue weighted by Crippen LogP contribution is -2.21. The highest BCUT2D eigenvalue weighted by molar-refractivity contribution is 7.79. The van der Waals surface area contributed by atoms with Gasteiger partial charge in [0.2, 0.25) is 0 Å². The molecule has 0 spiro atoms. The first kappa shape index (κ1) is 18.1. The number of hydrogen-bond acceptors (Lipinski definition) is 3. The second-order valence-corrected chi connectivity index (χ2v) is 5.66. The van der Waals surface area contributed by atoms with Crippen molar-refractivity contribution in [1.82, 2.24) is 4.90 Å². The lowest BCUT2D eigenvalue weighted by molar-refractivity contribution is 0.451. The van der Waals surface area contributed by atoms with Gasteiger partial charge in [-0.1, -0.05) is 46.1 Å². The van der Waals surface area contributed by atoms with Gasteiger partial charge in [0.05, 0.1) is 0 Å². The fourth-order valence-corrected chi connectivity index (χ4v) is 2.99. The van der Waals surface area contributed by atoms with Gasteiger partial charge in [-0.3, -0.25) is 0 Å². The van der Waals surface area contributed by atoms with Crippen LogP contribution in [0, 0.1) is 5.92 Å². The standard InChI is InChI=1S/C16H24N2S.C2H6/c1-3-4-5-6-9-18-11-14(10-17-19)15-8-7-13(2)16(15)12-18;1-2/h7,10-12,15,19H,3-6,8-9H2,1-2H3;1-2H3/b17-10+;. The van der Waals surface area contributed by atoms with Crippen LogP contribution < -0.4 is 0 Å². The summed E-state index contributed by atoms with van der Waals surface area (Å²) >= 11 is 3.98. The Morgan fingerprint density at radius 3 is 2.71 bits per heavy atom. The molecule has 0 radical (unpaired) electrons. The van der Waals surface area contributed by atoms with Crippen molar-refractivity contribution < 1.29 is 0 Å². The summed E-state index contributed by atoms with van der Waals surface area (Å²) < 4.78 is 3.91. The average molecular weight is 307 g/mol. The normalized spacial score (nSPS) is 20.5. The van der Waals surface area contributed by atoms with Crippen LogP contribution in [0.1, 0.15) is 59.8 Å². The molecule has 2 aliphatic rings. The topological polar surface area (TPSA) is 15.6 Å². The van der Waals surface area contributed by atoms with E-state index in [1.165, 1.54) is 42.4 Å². The van der Waals surface area contributed by atoms with Gasteiger partial charge >= 0.3 is 0 Å². The summed E-state index contributed by atoms with van der Waals surface area (Å²) in [7, 11) is 0. The van der Waals surface area contributed by atoms with Gasteiger partial charge in [-0.25, -0.2) is 4.40 Å². The van der Waals surface area contributed by atoms with E-state index in [9.17, 15) is 0 Å².